The smallest absolute Gasteiger partial charge is 0.243 e. The summed E-state index contributed by atoms with van der Waals surface area (Å²) in [7, 11) is 0. The van der Waals surface area contributed by atoms with Gasteiger partial charge in [0.1, 0.15) is 18.7 Å². The third kappa shape index (κ3) is 2.92. The summed E-state index contributed by atoms with van der Waals surface area (Å²) in [6, 6.07) is 11.1. The zero-order valence-corrected chi connectivity index (χ0v) is 14.1. The predicted octanol–water partition coefficient (Wildman–Crippen LogP) is 1.89. The number of rotatable bonds is 5. The summed E-state index contributed by atoms with van der Waals surface area (Å²) in [4.78, 5) is 25.3. The Morgan fingerprint density at radius 2 is 2.04 bits per heavy atom. The van der Waals surface area contributed by atoms with Gasteiger partial charge in [0.05, 0.1) is 17.4 Å². The van der Waals surface area contributed by atoms with Crippen molar-refractivity contribution >= 4 is 16.9 Å². The molecular formula is C18H17N7O. The Morgan fingerprint density at radius 3 is 2.88 bits per heavy atom. The van der Waals surface area contributed by atoms with Crippen LogP contribution < -0.4 is 5.32 Å². The number of nitrogens with one attached hydrogen (secondary N) is 1. The van der Waals surface area contributed by atoms with Gasteiger partial charge in [0.15, 0.2) is 5.82 Å². The Balaban J connectivity index is 1.51. The van der Waals surface area contributed by atoms with Crippen LogP contribution >= 0.6 is 0 Å². The molecule has 0 saturated heterocycles. The highest BCUT2D eigenvalue weighted by molar-refractivity contribution is 5.83. The normalized spacial score (nSPS) is 12.2. The molecule has 4 rings (SSSR count). The van der Waals surface area contributed by atoms with Crippen molar-refractivity contribution in [1.29, 1.82) is 0 Å². The zero-order valence-electron chi connectivity index (χ0n) is 14.1. The summed E-state index contributed by atoms with van der Waals surface area (Å²) >= 11 is 0. The number of imidazole rings is 1. The highest BCUT2D eigenvalue weighted by Crippen LogP contribution is 2.17. The van der Waals surface area contributed by atoms with E-state index in [0.717, 1.165) is 16.6 Å². The number of nitrogens with zero attached hydrogens (tertiary/aromatic N) is 6. The van der Waals surface area contributed by atoms with E-state index in [4.69, 9.17) is 0 Å². The summed E-state index contributed by atoms with van der Waals surface area (Å²) < 4.78 is 3.44. The van der Waals surface area contributed by atoms with Crippen LogP contribution in [0.5, 0.6) is 0 Å². The van der Waals surface area contributed by atoms with E-state index in [1.807, 2.05) is 47.9 Å². The number of carbonyl (C=O) groups is 1. The van der Waals surface area contributed by atoms with E-state index in [9.17, 15) is 4.79 Å². The highest BCUT2D eigenvalue weighted by atomic mass is 16.2. The van der Waals surface area contributed by atoms with Gasteiger partial charge in [-0.25, -0.2) is 19.6 Å². The van der Waals surface area contributed by atoms with Crippen molar-refractivity contribution in [1.82, 2.24) is 34.6 Å². The van der Waals surface area contributed by atoms with Gasteiger partial charge in [0.25, 0.3) is 0 Å². The van der Waals surface area contributed by atoms with Crippen LogP contribution in [0.4, 0.5) is 0 Å². The van der Waals surface area contributed by atoms with Crippen LogP contribution in [-0.4, -0.2) is 35.2 Å². The van der Waals surface area contributed by atoms with Crippen LogP contribution in [-0.2, 0) is 11.3 Å². The largest absolute Gasteiger partial charge is 0.350 e. The fraction of sp³-hybridized carbons (Fsp3) is 0.167. The summed E-state index contributed by atoms with van der Waals surface area (Å²) in [5.74, 6) is 0.549. The Bertz CT molecular complexity index is 1040. The molecule has 0 bridgehead atoms. The summed E-state index contributed by atoms with van der Waals surface area (Å²) in [6.07, 6.45) is 6.40. The van der Waals surface area contributed by atoms with Gasteiger partial charge in [0.2, 0.25) is 5.91 Å². The van der Waals surface area contributed by atoms with Crippen molar-refractivity contribution in [3.8, 4) is 5.82 Å². The third-order valence-corrected chi connectivity index (χ3v) is 4.23. The van der Waals surface area contributed by atoms with Crippen molar-refractivity contribution in [2.75, 3.05) is 0 Å². The minimum Gasteiger partial charge on any atom is -0.350 e. The van der Waals surface area contributed by atoms with E-state index in [2.05, 4.69) is 25.4 Å². The maximum atomic E-state index is 12.6. The first-order valence-corrected chi connectivity index (χ1v) is 8.22. The second-order valence-electron chi connectivity index (χ2n) is 5.86. The molecule has 4 aromatic rings. The van der Waals surface area contributed by atoms with Gasteiger partial charge in [-0.1, -0.05) is 18.2 Å². The number of benzene rings is 1. The minimum atomic E-state index is -0.381. The van der Waals surface area contributed by atoms with Crippen molar-refractivity contribution in [2.24, 2.45) is 0 Å². The van der Waals surface area contributed by atoms with Gasteiger partial charge < -0.3 is 9.88 Å². The van der Waals surface area contributed by atoms with Gasteiger partial charge in [0, 0.05) is 18.3 Å². The first kappa shape index (κ1) is 15.9. The fourth-order valence-corrected chi connectivity index (χ4v) is 2.84. The average molecular weight is 347 g/mol. The molecule has 8 nitrogen and oxygen atoms in total. The highest BCUT2D eigenvalue weighted by Gasteiger charge is 2.17. The molecule has 130 valence electrons. The van der Waals surface area contributed by atoms with Gasteiger partial charge in [-0.05, 0) is 25.1 Å². The van der Waals surface area contributed by atoms with Crippen LogP contribution in [0.15, 0.2) is 61.6 Å². The minimum absolute atomic E-state index is 0.0958. The van der Waals surface area contributed by atoms with E-state index in [1.165, 1.54) is 6.33 Å². The van der Waals surface area contributed by atoms with Crippen molar-refractivity contribution in [2.45, 2.75) is 19.5 Å². The van der Waals surface area contributed by atoms with Crippen molar-refractivity contribution < 1.29 is 4.79 Å². The molecule has 0 aliphatic rings. The Kier molecular flexibility index (Phi) is 4.14. The lowest BCUT2D eigenvalue weighted by molar-refractivity contribution is -0.123. The van der Waals surface area contributed by atoms with E-state index in [0.29, 0.717) is 12.4 Å². The average Bonchev–Trinajstić information content (AvgIpc) is 3.35. The topological polar surface area (TPSA) is 90.5 Å². The predicted molar refractivity (Wildman–Crippen MR) is 95.4 cm³/mol. The molecule has 1 amide bonds. The molecular weight excluding hydrogens is 330 g/mol. The molecule has 3 aromatic heterocycles. The molecule has 0 unspecified atom stereocenters. The Morgan fingerprint density at radius 1 is 1.15 bits per heavy atom. The molecule has 1 aromatic carbocycles. The molecule has 1 N–H and O–H groups in total. The molecule has 0 fully saturated rings. The van der Waals surface area contributed by atoms with Crippen LogP contribution in [0.1, 0.15) is 18.5 Å². The first-order chi connectivity index (χ1) is 12.7. The number of fused-ring (bicyclic) bond motifs is 1. The van der Waals surface area contributed by atoms with Crippen LogP contribution in [0, 0.1) is 0 Å². The number of hydrogen-bond donors (Lipinski definition) is 1. The lowest BCUT2D eigenvalue weighted by atomic mass is 10.2. The van der Waals surface area contributed by atoms with E-state index in [-0.39, 0.29) is 11.9 Å². The first-order valence-electron chi connectivity index (χ1n) is 8.22. The number of carbonyl (C=O) groups excluding carboxylic acids is 1. The third-order valence-electron chi connectivity index (χ3n) is 4.23. The molecule has 0 aliphatic carbocycles. The number of pyridine rings is 1. The molecule has 0 radical (unpaired) electrons. The number of aromatic nitrogens is 6. The van der Waals surface area contributed by atoms with Gasteiger partial charge in [-0.2, -0.15) is 5.10 Å². The second-order valence-corrected chi connectivity index (χ2v) is 5.86. The van der Waals surface area contributed by atoms with Gasteiger partial charge in [-0.15, -0.1) is 0 Å². The molecule has 0 spiro atoms. The molecule has 0 saturated carbocycles. The Hall–Kier alpha value is -3.55. The molecule has 0 aliphatic heterocycles. The summed E-state index contributed by atoms with van der Waals surface area (Å²) in [6.45, 7) is 2.20. The fourth-order valence-electron chi connectivity index (χ4n) is 2.84. The monoisotopic (exact) mass is 347 g/mol. The van der Waals surface area contributed by atoms with Crippen LogP contribution in [0.3, 0.4) is 0 Å². The number of para-hydroxylation sites is 2. The standard InChI is InChI=1S/C18H17N7O/c1-13(24-12-22-15-6-2-3-7-16(15)24)18(26)21-9-14-5-4-8-20-17(14)25-11-19-10-23-25/h2-8,10-13H,9H2,1H3,(H,21,26)/t13-/m1/s1. The van der Waals surface area contributed by atoms with E-state index >= 15 is 0 Å². The van der Waals surface area contributed by atoms with Crippen LogP contribution in [0.2, 0.25) is 0 Å². The van der Waals surface area contributed by atoms with Crippen molar-refractivity contribution in [3.63, 3.8) is 0 Å². The van der Waals surface area contributed by atoms with E-state index < -0.39 is 0 Å². The molecule has 1 atom stereocenters. The summed E-state index contributed by atoms with van der Waals surface area (Å²) in [5, 5.41) is 7.07. The second kappa shape index (κ2) is 6.75. The molecule has 8 heteroatoms. The molecule has 3 heterocycles. The van der Waals surface area contributed by atoms with Gasteiger partial charge >= 0.3 is 0 Å². The van der Waals surface area contributed by atoms with Gasteiger partial charge in [-0.3, -0.25) is 4.79 Å². The Labute approximate surface area is 149 Å². The number of hydrogen-bond acceptors (Lipinski definition) is 5. The van der Waals surface area contributed by atoms with E-state index in [1.54, 1.807) is 23.5 Å². The maximum absolute atomic E-state index is 12.6. The lowest BCUT2D eigenvalue weighted by Crippen LogP contribution is -2.30. The number of amides is 1. The SMILES string of the molecule is C[C@H](C(=O)NCc1cccnc1-n1cncn1)n1cnc2ccccc21. The lowest BCUT2D eigenvalue weighted by Gasteiger charge is -2.15. The zero-order chi connectivity index (χ0) is 17.9. The maximum Gasteiger partial charge on any atom is 0.243 e. The van der Waals surface area contributed by atoms with Crippen molar-refractivity contribution in [3.05, 3.63) is 67.1 Å². The summed E-state index contributed by atoms with van der Waals surface area (Å²) in [5.41, 5.74) is 2.65. The molecule has 26 heavy (non-hydrogen) atoms. The van der Waals surface area contributed by atoms with Crippen LogP contribution in [0.25, 0.3) is 16.9 Å². The quantitative estimate of drug-likeness (QED) is 0.595.